The van der Waals surface area contributed by atoms with Gasteiger partial charge in [-0.1, -0.05) is 24.3 Å². The number of rotatable bonds is 6. The van der Waals surface area contributed by atoms with Gasteiger partial charge in [0, 0.05) is 23.5 Å². The Labute approximate surface area is 201 Å². The molecular weight excluding hydrogens is 492 g/mol. The van der Waals surface area contributed by atoms with E-state index in [1.165, 1.54) is 12.1 Å². The highest BCUT2D eigenvalue weighted by Crippen LogP contribution is 2.37. The first-order chi connectivity index (χ1) is 16.6. The number of fused-ring (bicyclic) bond motifs is 1. The molecule has 35 heavy (non-hydrogen) atoms. The van der Waals surface area contributed by atoms with Gasteiger partial charge in [0.05, 0.1) is 11.1 Å². The van der Waals surface area contributed by atoms with Gasteiger partial charge in [-0.15, -0.1) is 5.11 Å². The van der Waals surface area contributed by atoms with Crippen molar-refractivity contribution in [2.45, 2.75) is 22.3 Å². The number of hydrogen-bond acceptors (Lipinski definition) is 10. The number of aliphatic imine (C=N–C) groups is 1. The van der Waals surface area contributed by atoms with Crippen LogP contribution in [-0.4, -0.2) is 53.5 Å². The summed E-state index contributed by atoms with van der Waals surface area (Å²) in [6.07, 6.45) is 0.568. The van der Waals surface area contributed by atoms with Gasteiger partial charge in [-0.2, -0.15) is 5.11 Å². The molecule has 0 saturated carbocycles. The molecule has 182 valence electrons. The van der Waals surface area contributed by atoms with E-state index in [-0.39, 0.29) is 29.9 Å². The molecule has 0 amide bonds. The van der Waals surface area contributed by atoms with E-state index < -0.39 is 29.8 Å². The molecule has 0 aliphatic carbocycles. The lowest BCUT2D eigenvalue weighted by molar-refractivity contribution is 0.555. The summed E-state index contributed by atoms with van der Waals surface area (Å²) < 4.78 is 55.1. The summed E-state index contributed by atoms with van der Waals surface area (Å²) in [5, 5.41) is 17.2. The minimum atomic E-state index is -4.57. The number of nitrogens with zero attached hydrogens (tertiary/aromatic N) is 4. The summed E-state index contributed by atoms with van der Waals surface area (Å²) in [5.74, 6) is 0.231. The third-order valence-corrected chi connectivity index (χ3v) is 8.47. The molecule has 2 aliphatic rings. The minimum absolute atomic E-state index is 0.0253. The van der Waals surface area contributed by atoms with Crippen molar-refractivity contribution < 1.29 is 16.8 Å². The number of primary sulfonamides is 1. The van der Waals surface area contributed by atoms with Gasteiger partial charge < -0.3 is 11.1 Å². The number of hydrogen-bond donors (Lipinski definition) is 4. The van der Waals surface area contributed by atoms with Crippen LogP contribution in [0.3, 0.4) is 0 Å². The molecule has 1 fully saturated rings. The topological polar surface area (TPSA) is 194 Å². The Morgan fingerprint density at radius 2 is 1.86 bits per heavy atom. The molecule has 6 N–H and O–H groups in total. The normalized spacial score (nSPS) is 18.3. The number of nitrogen functional groups attached to an aromatic ring is 1. The maximum absolute atomic E-state index is 13.3. The Kier molecular flexibility index (Phi) is 5.85. The Bertz CT molecular complexity index is 1610. The quantitative estimate of drug-likeness (QED) is 0.375. The summed E-state index contributed by atoms with van der Waals surface area (Å²) in [6, 6.07) is 11.1. The molecule has 0 spiro atoms. The number of nitrogens with two attached hydrogens (primary N) is 2. The zero-order valence-corrected chi connectivity index (χ0v) is 20.0. The van der Waals surface area contributed by atoms with Crippen LogP contribution in [0.25, 0.3) is 22.0 Å². The van der Waals surface area contributed by atoms with Gasteiger partial charge in [-0.05, 0) is 36.7 Å². The van der Waals surface area contributed by atoms with Gasteiger partial charge in [0.25, 0.3) is 0 Å². The summed E-state index contributed by atoms with van der Waals surface area (Å²) in [5.41, 5.74) is 7.19. The maximum atomic E-state index is 13.3. The lowest BCUT2D eigenvalue weighted by atomic mass is 9.96. The zero-order chi connectivity index (χ0) is 24.8. The second-order valence-corrected chi connectivity index (χ2v) is 11.3. The summed E-state index contributed by atoms with van der Waals surface area (Å²) in [4.78, 5) is 7.51. The fourth-order valence-corrected chi connectivity index (χ4v) is 7.15. The molecule has 14 heteroatoms. The van der Waals surface area contributed by atoms with Crippen molar-refractivity contribution >= 4 is 42.6 Å². The van der Waals surface area contributed by atoms with Crippen LogP contribution in [0.5, 0.6) is 0 Å². The predicted octanol–water partition coefficient (Wildman–Crippen LogP) is 0.942. The van der Waals surface area contributed by atoms with Crippen molar-refractivity contribution in [3.05, 3.63) is 48.0 Å². The fourth-order valence-electron chi connectivity index (χ4n) is 4.28. The van der Waals surface area contributed by atoms with Gasteiger partial charge >= 0.3 is 0 Å². The Balaban J connectivity index is 1.83. The van der Waals surface area contributed by atoms with E-state index in [9.17, 15) is 16.8 Å². The van der Waals surface area contributed by atoms with E-state index in [0.717, 1.165) is 5.39 Å². The van der Waals surface area contributed by atoms with Crippen LogP contribution in [0.2, 0.25) is 0 Å². The van der Waals surface area contributed by atoms with E-state index >= 15 is 0 Å². The van der Waals surface area contributed by atoms with E-state index in [1.807, 2.05) is 6.07 Å². The van der Waals surface area contributed by atoms with Gasteiger partial charge in [0.1, 0.15) is 15.6 Å². The number of benzene rings is 2. The van der Waals surface area contributed by atoms with E-state index in [4.69, 9.17) is 10.9 Å². The van der Waals surface area contributed by atoms with E-state index in [2.05, 4.69) is 30.2 Å². The highest BCUT2D eigenvalue weighted by molar-refractivity contribution is 7.92. The third-order valence-electron chi connectivity index (χ3n) is 5.78. The highest BCUT2D eigenvalue weighted by Gasteiger charge is 2.34. The zero-order valence-electron chi connectivity index (χ0n) is 18.3. The number of pyridine rings is 1. The third kappa shape index (κ3) is 4.41. The first kappa shape index (κ1) is 23.4. The van der Waals surface area contributed by atoms with E-state index in [1.54, 1.807) is 24.3 Å². The summed E-state index contributed by atoms with van der Waals surface area (Å²) in [7, 11) is -8.84. The fraction of sp³-hybridized carbons (Fsp3) is 0.238. The second kappa shape index (κ2) is 8.73. The number of sulfonamides is 2. The van der Waals surface area contributed by atoms with Crippen LogP contribution in [0.15, 0.2) is 67.5 Å². The van der Waals surface area contributed by atoms with Crippen LogP contribution in [-0.2, 0) is 20.0 Å². The maximum Gasteiger partial charge on any atom is 0.242 e. The molecule has 3 aromatic rings. The SMILES string of the molecule is Nc1ccc2cccc(-c3ccc(S(=O)(=O)N[C@@H]4CCNC4)c(S(N)(=O)=O)c3C3=NCN=N3)c2n1. The van der Waals surface area contributed by atoms with Crippen LogP contribution >= 0.6 is 0 Å². The van der Waals surface area contributed by atoms with Crippen molar-refractivity contribution in [3.8, 4) is 11.1 Å². The Morgan fingerprint density at radius 3 is 2.54 bits per heavy atom. The van der Waals surface area contributed by atoms with Crippen molar-refractivity contribution in [2.75, 3.05) is 25.5 Å². The first-order valence-corrected chi connectivity index (χ1v) is 13.7. The van der Waals surface area contributed by atoms with Crippen LogP contribution in [0, 0.1) is 0 Å². The number of azo groups is 1. The largest absolute Gasteiger partial charge is 0.384 e. The molecule has 5 rings (SSSR count). The van der Waals surface area contributed by atoms with Crippen molar-refractivity contribution in [3.63, 3.8) is 0 Å². The molecule has 1 aromatic heterocycles. The molecule has 1 saturated heterocycles. The number of para-hydroxylation sites is 1. The number of nitrogens with one attached hydrogen (secondary N) is 2. The second-order valence-electron chi connectivity index (χ2n) is 8.15. The molecule has 1 atom stereocenters. The Morgan fingerprint density at radius 1 is 1.03 bits per heavy atom. The van der Waals surface area contributed by atoms with E-state index in [0.29, 0.717) is 36.2 Å². The van der Waals surface area contributed by atoms with Crippen molar-refractivity contribution in [2.24, 2.45) is 20.4 Å². The average molecular weight is 515 g/mol. The lowest BCUT2D eigenvalue weighted by Gasteiger charge is -2.19. The lowest BCUT2D eigenvalue weighted by Crippen LogP contribution is -2.37. The number of anilines is 1. The molecular formula is C21H22N8O4S2. The molecule has 0 bridgehead atoms. The van der Waals surface area contributed by atoms with Crippen LogP contribution in [0.1, 0.15) is 12.0 Å². The molecule has 3 heterocycles. The van der Waals surface area contributed by atoms with Crippen LogP contribution in [0.4, 0.5) is 5.82 Å². The molecule has 2 aromatic carbocycles. The monoisotopic (exact) mass is 514 g/mol. The van der Waals surface area contributed by atoms with Gasteiger partial charge in [-0.3, -0.25) is 0 Å². The van der Waals surface area contributed by atoms with Gasteiger partial charge in [0.15, 0.2) is 12.5 Å². The predicted molar refractivity (Wildman–Crippen MR) is 131 cm³/mol. The van der Waals surface area contributed by atoms with Crippen molar-refractivity contribution in [1.29, 1.82) is 0 Å². The van der Waals surface area contributed by atoms with Crippen molar-refractivity contribution in [1.82, 2.24) is 15.0 Å². The smallest absolute Gasteiger partial charge is 0.242 e. The van der Waals surface area contributed by atoms with Gasteiger partial charge in [-0.25, -0.2) is 36.7 Å². The standard InChI is InChI=1S/C21H22N8O4S2/c22-17-7-4-12-2-1-3-15(19(12)27-17)14-5-6-16(35(32,33)29-13-8-9-24-10-13)20(34(23,30)31)18(14)21-25-11-26-28-21/h1-7,13,24,29H,8-11H2,(H2,22,27)(H2,23,30,31)/t13-/m1/s1. The molecule has 0 radical (unpaired) electrons. The van der Waals surface area contributed by atoms with Crippen LogP contribution < -0.4 is 20.9 Å². The average Bonchev–Trinajstić information content (AvgIpc) is 3.51. The molecule has 2 aliphatic heterocycles. The summed E-state index contributed by atoms with van der Waals surface area (Å²) >= 11 is 0. The first-order valence-electron chi connectivity index (χ1n) is 10.7. The molecule has 0 unspecified atom stereocenters. The highest BCUT2D eigenvalue weighted by atomic mass is 32.2. The van der Waals surface area contributed by atoms with Gasteiger partial charge in [0.2, 0.25) is 20.0 Å². The number of amidine groups is 1. The summed E-state index contributed by atoms with van der Waals surface area (Å²) in [6.45, 7) is 1.05. The number of aromatic nitrogens is 1. The minimum Gasteiger partial charge on any atom is -0.384 e. The Hall–Kier alpha value is -3.30. The molecule has 12 nitrogen and oxygen atoms in total.